The summed E-state index contributed by atoms with van der Waals surface area (Å²) in [6.45, 7) is 0.146. The Balaban J connectivity index is 1.58. The Morgan fingerprint density at radius 2 is 2.06 bits per heavy atom. The van der Waals surface area contributed by atoms with Gasteiger partial charge in [0.15, 0.2) is 12.0 Å². The first kappa shape index (κ1) is 22.4. The van der Waals surface area contributed by atoms with Gasteiger partial charge < -0.3 is 20.5 Å². The summed E-state index contributed by atoms with van der Waals surface area (Å²) in [7, 11) is 1.92. The Morgan fingerprint density at radius 1 is 1.24 bits per heavy atom. The van der Waals surface area contributed by atoms with Crippen LogP contribution in [0.1, 0.15) is 18.7 Å². The molecule has 0 saturated carbocycles. The number of hydrogen-bond acceptors (Lipinski definition) is 8. The van der Waals surface area contributed by atoms with Gasteiger partial charge in [-0.3, -0.25) is 14.7 Å². The minimum Gasteiger partial charge on any atom is -0.489 e. The predicted molar refractivity (Wildman–Crippen MR) is 125 cm³/mol. The highest BCUT2D eigenvalue weighted by molar-refractivity contribution is 5.94. The molecule has 5 rings (SSSR count). The molecule has 1 unspecified atom stereocenters. The molecule has 2 aliphatic heterocycles. The number of aliphatic hydroxyl groups excluding tert-OH is 1. The van der Waals surface area contributed by atoms with Crippen molar-refractivity contribution in [1.29, 1.82) is 0 Å². The van der Waals surface area contributed by atoms with Crippen LogP contribution in [0.2, 0.25) is 0 Å². The molecule has 2 aliphatic rings. The summed E-state index contributed by atoms with van der Waals surface area (Å²) in [6, 6.07) is 5.44. The number of piperidine rings is 1. The number of fused-ring (bicyclic) bond motifs is 3. The maximum atomic E-state index is 14.8. The van der Waals surface area contributed by atoms with E-state index in [1.807, 2.05) is 30.1 Å². The maximum absolute atomic E-state index is 14.8. The summed E-state index contributed by atoms with van der Waals surface area (Å²) in [5.74, 6) is 0.608. The lowest BCUT2D eigenvalue weighted by molar-refractivity contribution is -0.127. The molecule has 178 valence electrons. The molecule has 4 bridgehead atoms. The van der Waals surface area contributed by atoms with E-state index in [2.05, 4.69) is 25.6 Å². The topological polar surface area (TPSA) is 113 Å². The fourth-order valence-corrected chi connectivity index (χ4v) is 4.53. The Morgan fingerprint density at radius 3 is 2.85 bits per heavy atom. The number of nitrogens with one attached hydrogen (secondary N) is 2. The molecule has 0 spiro atoms. The smallest absolute Gasteiger partial charge is 0.237 e. The third-order valence-corrected chi connectivity index (χ3v) is 6.42. The number of aliphatic hydroxyl groups is 1. The average Bonchev–Trinajstić information content (AvgIpc) is 2.86. The predicted octanol–water partition coefficient (Wildman–Crippen LogP) is 1.91. The van der Waals surface area contributed by atoms with Crippen LogP contribution in [-0.4, -0.2) is 75.9 Å². The highest BCUT2D eigenvalue weighted by Gasteiger charge is 2.32. The number of rotatable bonds is 2. The Kier molecular flexibility index (Phi) is 6.25. The van der Waals surface area contributed by atoms with E-state index >= 15 is 0 Å². The summed E-state index contributed by atoms with van der Waals surface area (Å²) in [5.41, 5.74) is 2.90. The first-order valence-corrected chi connectivity index (χ1v) is 11.4. The normalized spacial score (nSPS) is 23.6. The number of likely N-dealkylation sites (tertiary alicyclic amines) is 1. The van der Waals surface area contributed by atoms with E-state index in [0.29, 0.717) is 34.6 Å². The van der Waals surface area contributed by atoms with Gasteiger partial charge in [-0.15, -0.1) is 0 Å². The molecule has 3 aromatic rings. The molecule has 3 N–H and O–H groups in total. The van der Waals surface area contributed by atoms with Gasteiger partial charge in [0.1, 0.15) is 19.0 Å². The van der Waals surface area contributed by atoms with E-state index in [-0.39, 0.29) is 37.7 Å². The number of aromatic nitrogens is 3. The van der Waals surface area contributed by atoms with Crippen molar-refractivity contribution in [3.05, 3.63) is 42.6 Å². The largest absolute Gasteiger partial charge is 0.489 e. The molecule has 1 aromatic carbocycles. The van der Waals surface area contributed by atoms with Crippen LogP contribution in [0.25, 0.3) is 22.0 Å². The molecular weight excluding hydrogens is 439 g/mol. The highest BCUT2D eigenvalue weighted by atomic mass is 19.1. The summed E-state index contributed by atoms with van der Waals surface area (Å²) in [5, 5.41) is 16.3. The molecule has 4 heterocycles. The van der Waals surface area contributed by atoms with E-state index in [9.17, 15) is 14.3 Å². The molecule has 34 heavy (non-hydrogen) atoms. The molecule has 2 aromatic heterocycles. The molecular formula is C24H27FN6O3. The van der Waals surface area contributed by atoms with Crippen LogP contribution in [0.4, 0.5) is 10.1 Å². The van der Waals surface area contributed by atoms with Gasteiger partial charge in [-0.2, -0.15) is 0 Å². The lowest BCUT2D eigenvalue weighted by atomic mass is 9.96. The number of anilines is 1. The Labute approximate surface area is 196 Å². The van der Waals surface area contributed by atoms with Crippen molar-refractivity contribution in [2.24, 2.45) is 0 Å². The zero-order chi connectivity index (χ0) is 23.7. The molecule has 1 fully saturated rings. The molecule has 9 nitrogen and oxygen atoms in total. The minimum absolute atomic E-state index is 0.0855. The van der Waals surface area contributed by atoms with Gasteiger partial charge in [0.2, 0.25) is 5.91 Å². The first-order chi connectivity index (χ1) is 16.5. The van der Waals surface area contributed by atoms with Crippen LogP contribution in [0, 0.1) is 0 Å². The number of carbonyl (C=O) groups is 1. The van der Waals surface area contributed by atoms with Crippen molar-refractivity contribution >= 4 is 22.5 Å². The van der Waals surface area contributed by atoms with Gasteiger partial charge in [-0.1, -0.05) is 0 Å². The third-order valence-electron chi connectivity index (χ3n) is 6.42. The zero-order valence-corrected chi connectivity index (χ0v) is 18.9. The molecule has 1 amide bonds. The van der Waals surface area contributed by atoms with Crippen molar-refractivity contribution in [2.75, 3.05) is 32.1 Å². The van der Waals surface area contributed by atoms with Crippen molar-refractivity contribution < 1.29 is 19.0 Å². The average molecular weight is 467 g/mol. The summed E-state index contributed by atoms with van der Waals surface area (Å²) in [6.07, 6.45) is 5.08. The second-order valence-electron chi connectivity index (χ2n) is 8.79. The van der Waals surface area contributed by atoms with Gasteiger partial charge in [0, 0.05) is 41.5 Å². The minimum atomic E-state index is -1.39. The summed E-state index contributed by atoms with van der Waals surface area (Å²) in [4.78, 5) is 27.7. The van der Waals surface area contributed by atoms with E-state index in [1.54, 1.807) is 18.6 Å². The number of carbonyl (C=O) groups excluding carboxylic acids is 1. The van der Waals surface area contributed by atoms with Gasteiger partial charge in [-0.05, 0) is 38.1 Å². The molecule has 1 saturated heterocycles. The van der Waals surface area contributed by atoms with Crippen LogP contribution in [0.15, 0.2) is 36.8 Å². The third kappa shape index (κ3) is 4.51. The van der Waals surface area contributed by atoms with Gasteiger partial charge in [0.05, 0.1) is 30.0 Å². The summed E-state index contributed by atoms with van der Waals surface area (Å²) >= 11 is 0. The van der Waals surface area contributed by atoms with E-state index < -0.39 is 6.17 Å². The van der Waals surface area contributed by atoms with Crippen LogP contribution < -0.4 is 15.4 Å². The molecule has 0 radical (unpaired) electrons. The first-order valence-electron chi connectivity index (χ1n) is 11.4. The van der Waals surface area contributed by atoms with Crippen molar-refractivity contribution in [3.63, 3.8) is 0 Å². The number of nitrogens with zero attached hydrogens (tertiary/aromatic N) is 4. The molecule has 10 heteroatoms. The van der Waals surface area contributed by atoms with Crippen LogP contribution in [0.3, 0.4) is 0 Å². The van der Waals surface area contributed by atoms with Crippen LogP contribution >= 0.6 is 0 Å². The number of hydrogen-bond donors (Lipinski definition) is 3. The van der Waals surface area contributed by atoms with E-state index in [1.165, 1.54) is 0 Å². The number of benzene rings is 1. The van der Waals surface area contributed by atoms with Crippen molar-refractivity contribution in [3.8, 4) is 16.9 Å². The molecule has 3 atom stereocenters. The number of likely N-dealkylation sites (N-methyl/N-ethyl adjacent to an activating group) is 1. The van der Waals surface area contributed by atoms with Gasteiger partial charge in [0.25, 0.3) is 0 Å². The number of pyridine rings is 1. The SMILES string of the molecule is CN1CC[C@H]2C[C@H]1C(=O)NCC(F)COc1c(-c3cnc(CO)nc3)ccc3ncc(cc13)N2. The van der Waals surface area contributed by atoms with E-state index in [0.717, 1.165) is 24.0 Å². The van der Waals surface area contributed by atoms with Crippen LogP contribution in [0.5, 0.6) is 5.75 Å². The van der Waals surface area contributed by atoms with Crippen molar-refractivity contribution in [2.45, 2.75) is 37.7 Å². The zero-order valence-electron chi connectivity index (χ0n) is 18.9. The fraction of sp³-hybridized carbons (Fsp3) is 0.417. The standard InChI is InChI=1S/C24H27FN6O3/c1-31-5-4-16-7-21(31)24(33)29-10-15(25)13-34-23-18(14-8-27-22(12-32)28-9-14)2-3-20-19(23)6-17(30-16)11-26-20/h2-3,6,8-9,11,15-16,21,30,32H,4-5,7,10,12-13H2,1H3,(H,29,33)/t15?,16-,21-/m0/s1. The Hall–Kier alpha value is -3.37. The Bertz CT molecular complexity index is 1190. The quantitative estimate of drug-likeness (QED) is 0.525. The lowest BCUT2D eigenvalue weighted by Gasteiger charge is -2.37. The van der Waals surface area contributed by atoms with Crippen molar-refractivity contribution in [1.82, 2.24) is 25.2 Å². The highest BCUT2D eigenvalue weighted by Crippen LogP contribution is 2.37. The van der Waals surface area contributed by atoms with Gasteiger partial charge in [-0.25, -0.2) is 14.4 Å². The second kappa shape index (κ2) is 9.47. The number of alkyl halides is 1. The lowest BCUT2D eigenvalue weighted by Crippen LogP contribution is -2.53. The maximum Gasteiger partial charge on any atom is 0.237 e. The molecule has 0 aliphatic carbocycles. The summed E-state index contributed by atoms with van der Waals surface area (Å²) < 4.78 is 20.8. The number of ether oxygens (including phenoxy) is 1. The van der Waals surface area contributed by atoms with Gasteiger partial charge >= 0.3 is 0 Å². The number of halogens is 1. The number of amides is 1. The van der Waals surface area contributed by atoms with Crippen LogP contribution in [-0.2, 0) is 11.4 Å². The monoisotopic (exact) mass is 466 g/mol. The second-order valence-corrected chi connectivity index (χ2v) is 8.79. The fourth-order valence-electron chi connectivity index (χ4n) is 4.53. The van der Waals surface area contributed by atoms with E-state index in [4.69, 9.17) is 4.74 Å².